The van der Waals surface area contributed by atoms with Gasteiger partial charge in [-0.25, -0.2) is 0 Å². The molecule has 0 aliphatic carbocycles. The van der Waals surface area contributed by atoms with Crippen LogP contribution in [-0.2, 0) is 14.4 Å². The molecule has 1 aliphatic rings. The van der Waals surface area contributed by atoms with E-state index in [1.165, 1.54) is 6.42 Å². The van der Waals surface area contributed by atoms with Gasteiger partial charge < -0.3 is 27.0 Å². The highest BCUT2D eigenvalue weighted by atomic mass is 16.4. The molecule has 0 saturated carbocycles. The third kappa shape index (κ3) is 25.3. The van der Waals surface area contributed by atoms with Gasteiger partial charge in [0, 0.05) is 25.8 Å². The summed E-state index contributed by atoms with van der Waals surface area (Å²) in [6, 6.07) is 0. The van der Waals surface area contributed by atoms with E-state index in [1.807, 2.05) is 0 Å². The van der Waals surface area contributed by atoms with E-state index in [0.29, 0.717) is 12.8 Å². The fraction of sp³-hybridized carbons (Fsp3) is 0.812. The van der Waals surface area contributed by atoms with Crippen LogP contribution >= 0.6 is 0 Å². The second-order valence-corrected chi connectivity index (χ2v) is 5.44. The lowest BCUT2D eigenvalue weighted by Crippen LogP contribution is -2.21. The van der Waals surface area contributed by atoms with Crippen LogP contribution in [0, 0.1) is 0 Å². The van der Waals surface area contributed by atoms with Crippen LogP contribution in [0.1, 0.15) is 64.2 Å². The maximum atomic E-state index is 10.6. The second-order valence-electron chi connectivity index (χ2n) is 5.44. The van der Waals surface area contributed by atoms with E-state index in [-0.39, 0.29) is 18.7 Å². The number of nitrogens with one attached hydrogen (secondary N) is 1. The van der Waals surface area contributed by atoms with E-state index in [2.05, 4.69) is 5.32 Å². The molecule has 0 atom stereocenters. The second kappa shape index (κ2) is 19.4. The highest BCUT2D eigenvalue weighted by Crippen LogP contribution is 2.02. The summed E-state index contributed by atoms with van der Waals surface area (Å²) in [4.78, 5) is 30.4. The first-order valence-electron chi connectivity index (χ1n) is 8.54. The number of nitrogens with two attached hydrogens (primary N) is 2. The SMILES string of the molecule is NCCCCN.O=C(O)CCCCC(=O)O.O=C1CCCCCN1. The number of hydrogen-bond donors (Lipinski definition) is 5. The molecule has 0 unspecified atom stereocenters. The fourth-order valence-electron chi connectivity index (χ4n) is 1.74. The first-order chi connectivity index (χ1) is 11.4. The maximum Gasteiger partial charge on any atom is 0.303 e. The summed E-state index contributed by atoms with van der Waals surface area (Å²) in [7, 11) is 0. The Balaban J connectivity index is 0. The Bertz CT molecular complexity index is 308. The van der Waals surface area contributed by atoms with Gasteiger partial charge in [-0.1, -0.05) is 6.42 Å². The predicted octanol–water partition coefficient (Wildman–Crippen LogP) is 1.08. The van der Waals surface area contributed by atoms with Crippen molar-refractivity contribution in [3.63, 3.8) is 0 Å². The molecular weight excluding hydrogens is 314 g/mol. The number of rotatable bonds is 8. The largest absolute Gasteiger partial charge is 0.481 e. The van der Waals surface area contributed by atoms with Gasteiger partial charge in [0.1, 0.15) is 0 Å². The number of aliphatic carboxylic acids is 2. The molecule has 8 nitrogen and oxygen atoms in total. The third-order valence-corrected chi connectivity index (χ3v) is 3.09. The lowest BCUT2D eigenvalue weighted by molar-refractivity contribution is -0.139. The van der Waals surface area contributed by atoms with Gasteiger partial charge in [0.2, 0.25) is 5.91 Å². The minimum absolute atomic E-state index is 0.0628. The van der Waals surface area contributed by atoms with Crippen LogP contribution in [0.4, 0.5) is 0 Å². The number of amides is 1. The summed E-state index contributed by atoms with van der Waals surface area (Å²) in [5.74, 6) is -1.52. The van der Waals surface area contributed by atoms with Crippen molar-refractivity contribution in [1.29, 1.82) is 0 Å². The first kappa shape index (κ1) is 24.6. The van der Waals surface area contributed by atoms with Gasteiger partial charge in [0.05, 0.1) is 0 Å². The number of hydrogen-bond acceptors (Lipinski definition) is 5. The minimum Gasteiger partial charge on any atom is -0.481 e. The van der Waals surface area contributed by atoms with Crippen LogP contribution in [0.2, 0.25) is 0 Å². The normalized spacial score (nSPS) is 13.3. The summed E-state index contributed by atoms with van der Waals surface area (Å²) in [6.07, 6.45) is 7.33. The van der Waals surface area contributed by atoms with E-state index in [4.69, 9.17) is 21.7 Å². The van der Waals surface area contributed by atoms with Crippen LogP contribution in [-0.4, -0.2) is 47.7 Å². The van der Waals surface area contributed by atoms with Gasteiger partial charge in [0.25, 0.3) is 0 Å². The number of carbonyl (C=O) groups excluding carboxylic acids is 1. The van der Waals surface area contributed by atoms with Gasteiger partial charge in [0.15, 0.2) is 0 Å². The molecule has 1 fully saturated rings. The lowest BCUT2D eigenvalue weighted by atomic mass is 10.2. The summed E-state index contributed by atoms with van der Waals surface area (Å²) in [6.45, 7) is 2.44. The van der Waals surface area contributed by atoms with Gasteiger partial charge in [-0.05, 0) is 51.6 Å². The Morgan fingerprint density at radius 3 is 1.79 bits per heavy atom. The molecule has 8 heteroatoms. The Labute approximate surface area is 144 Å². The smallest absolute Gasteiger partial charge is 0.303 e. The summed E-state index contributed by atoms with van der Waals surface area (Å²) in [5, 5.41) is 19.1. The van der Waals surface area contributed by atoms with Gasteiger partial charge in [-0.2, -0.15) is 0 Å². The molecule has 7 N–H and O–H groups in total. The molecule has 0 aromatic carbocycles. The zero-order valence-corrected chi connectivity index (χ0v) is 14.5. The average Bonchev–Trinajstić information content (AvgIpc) is 2.78. The molecule has 0 spiro atoms. The summed E-state index contributed by atoms with van der Waals surface area (Å²) in [5.41, 5.74) is 10.3. The number of unbranched alkanes of at least 4 members (excludes halogenated alkanes) is 2. The standard InChI is InChI=1S/C6H11NO.C6H10O4.C4H12N2/c8-6-4-2-1-3-5-7-6;7-5(8)3-1-2-4-6(9)10;5-3-1-2-4-6/h1-5H2,(H,7,8);1-4H2,(H,7,8)(H,9,10);1-6H2. The summed E-state index contributed by atoms with van der Waals surface area (Å²) < 4.78 is 0. The van der Waals surface area contributed by atoms with Gasteiger partial charge >= 0.3 is 11.9 Å². The van der Waals surface area contributed by atoms with Crippen LogP contribution in [0.5, 0.6) is 0 Å². The third-order valence-electron chi connectivity index (χ3n) is 3.09. The molecule has 1 amide bonds. The monoisotopic (exact) mass is 347 g/mol. The minimum atomic E-state index is -0.870. The molecule has 0 bridgehead atoms. The van der Waals surface area contributed by atoms with Crippen molar-refractivity contribution in [1.82, 2.24) is 5.32 Å². The van der Waals surface area contributed by atoms with Crippen molar-refractivity contribution in [2.24, 2.45) is 11.5 Å². The molecular formula is C16H33N3O5. The van der Waals surface area contributed by atoms with E-state index >= 15 is 0 Å². The average molecular weight is 347 g/mol. The molecule has 0 radical (unpaired) electrons. The zero-order valence-electron chi connectivity index (χ0n) is 14.5. The lowest BCUT2D eigenvalue weighted by Gasteiger charge is -1.93. The van der Waals surface area contributed by atoms with Crippen LogP contribution in [0.25, 0.3) is 0 Å². The zero-order chi connectivity index (χ0) is 18.6. The number of carboxylic acids is 2. The molecule has 0 aromatic rings. The topological polar surface area (TPSA) is 156 Å². The van der Waals surface area contributed by atoms with Crippen LogP contribution in [0.3, 0.4) is 0 Å². The molecule has 1 rings (SSSR count). The number of carboxylic acid groups (broad SMARTS) is 2. The fourth-order valence-corrected chi connectivity index (χ4v) is 1.74. The maximum absolute atomic E-state index is 10.6. The van der Waals surface area contributed by atoms with Crippen molar-refractivity contribution in [2.75, 3.05) is 19.6 Å². The quantitative estimate of drug-likeness (QED) is 0.411. The van der Waals surface area contributed by atoms with E-state index < -0.39 is 11.9 Å². The van der Waals surface area contributed by atoms with Crippen molar-refractivity contribution in [3.05, 3.63) is 0 Å². The number of carbonyl (C=O) groups is 3. The summed E-state index contributed by atoms with van der Waals surface area (Å²) >= 11 is 0. The van der Waals surface area contributed by atoms with E-state index in [9.17, 15) is 14.4 Å². The van der Waals surface area contributed by atoms with Gasteiger partial charge in [-0.15, -0.1) is 0 Å². The molecule has 24 heavy (non-hydrogen) atoms. The Morgan fingerprint density at radius 1 is 0.875 bits per heavy atom. The molecule has 1 saturated heterocycles. The molecule has 142 valence electrons. The Kier molecular flexibility index (Phi) is 19.8. The highest BCUT2D eigenvalue weighted by molar-refractivity contribution is 5.75. The molecule has 1 aliphatic heterocycles. The Hall–Kier alpha value is -1.67. The van der Waals surface area contributed by atoms with E-state index in [1.54, 1.807) is 0 Å². The van der Waals surface area contributed by atoms with Crippen molar-refractivity contribution < 1.29 is 24.6 Å². The van der Waals surface area contributed by atoms with Crippen LogP contribution in [0.15, 0.2) is 0 Å². The highest BCUT2D eigenvalue weighted by Gasteiger charge is 2.03. The molecule has 0 aromatic heterocycles. The van der Waals surface area contributed by atoms with Crippen molar-refractivity contribution >= 4 is 17.8 Å². The van der Waals surface area contributed by atoms with E-state index in [0.717, 1.165) is 51.7 Å². The Morgan fingerprint density at radius 2 is 1.38 bits per heavy atom. The first-order valence-corrected chi connectivity index (χ1v) is 8.54. The molecule has 1 heterocycles. The van der Waals surface area contributed by atoms with Crippen molar-refractivity contribution in [2.45, 2.75) is 64.2 Å². The van der Waals surface area contributed by atoms with Crippen LogP contribution < -0.4 is 16.8 Å². The van der Waals surface area contributed by atoms with Gasteiger partial charge in [-0.3, -0.25) is 14.4 Å². The van der Waals surface area contributed by atoms with Crippen molar-refractivity contribution in [3.8, 4) is 0 Å². The predicted molar refractivity (Wildman–Crippen MR) is 92.6 cm³/mol.